The summed E-state index contributed by atoms with van der Waals surface area (Å²) in [4.78, 5) is 29.4. The van der Waals surface area contributed by atoms with E-state index in [0.717, 1.165) is 41.7 Å². The second-order valence-electron chi connectivity index (χ2n) is 9.63. The number of hydrogen-bond donors (Lipinski definition) is 1. The van der Waals surface area contributed by atoms with Crippen LogP contribution in [0.15, 0.2) is 48.5 Å². The number of amides is 2. The normalized spacial score (nSPS) is 21.5. The fourth-order valence-electron chi connectivity index (χ4n) is 5.15. The highest BCUT2D eigenvalue weighted by atomic mass is 16.5. The number of carbonyl (C=O) groups is 2. The van der Waals surface area contributed by atoms with Crippen molar-refractivity contribution < 1.29 is 23.8 Å². The van der Waals surface area contributed by atoms with Crippen LogP contribution in [0.3, 0.4) is 0 Å². The molecule has 3 heterocycles. The Balaban J connectivity index is 1.50. The highest BCUT2D eigenvalue weighted by molar-refractivity contribution is 6.03. The third-order valence-corrected chi connectivity index (χ3v) is 7.22. The summed E-state index contributed by atoms with van der Waals surface area (Å²) in [6.45, 7) is 6.17. The Morgan fingerprint density at radius 1 is 1.17 bits per heavy atom. The fourth-order valence-corrected chi connectivity index (χ4v) is 5.15. The number of nitrogens with one attached hydrogen (secondary N) is 1. The van der Waals surface area contributed by atoms with E-state index in [9.17, 15) is 9.59 Å². The van der Waals surface area contributed by atoms with Gasteiger partial charge in [0, 0.05) is 31.1 Å². The van der Waals surface area contributed by atoms with Gasteiger partial charge in [-0.25, -0.2) is 0 Å². The van der Waals surface area contributed by atoms with Gasteiger partial charge in [-0.1, -0.05) is 12.1 Å². The molecule has 2 unspecified atom stereocenters. The maximum atomic E-state index is 13.9. The van der Waals surface area contributed by atoms with Gasteiger partial charge in [0.2, 0.25) is 5.91 Å². The predicted octanol–water partition coefficient (Wildman–Crippen LogP) is 3.76. The van der Waals surface area contributed by atoms with Crippen molar-refractivity contribution >= 4 is 22.7 Å². The summed E-state index contributed by atoms with van der Waals surface area (Å²) < 4.78 is 18.6. The van der Waals surface area contributed by atoms with Crippen molar-refractivity contribution in [3.63, 3.8) is 0 Å². The smallest absolute Gasteiger partial charge is 0.271 e. The van der Waals surface area contributed by atoms with Gasteiger partial charge in [0.1, 0.15) is 22.7 Å². The predicted molar refractivity (Wildman–Crippen MR) is 136 cm³/mol. The molecule has 0 spiro atoms. The topological polar surface area (TPSA) is 82.0 Å². The minimum absolute atomic E-state index is 0.0173. The SMILES string of the molecule is CCOc1ccc(CN2C(=O)c3cc4ccc(OC)cc4n3CC2(C)C(=O)NCC2CCCO2)cc1. The van der Waals surface area contributed by atoms with Crippen LogP contribution in [-0.4, -0.2) is 59.8 Å². The van der Waals surface area contributed by atoms with E-state index in [4.69, 9.17) is 14.2 Å². The maximum Gasteiger partial charge on any atom is 0.271 e. The molecular weight excluding hydrogens is 458 g/mol. The van der Waals surface area contributed by atoms with Crippen LogP contribution in [0.1, 0.15) is 42.7 Å². The summed E-state index contributed by atoms with van der Waals surface area (Å²) in [5, 5.41) is 4.01. The lowest BCUT2D eigenvalue weighted by molar-refractivity contribution is -0.133. The van der Waals surface area contributed by atoms with Crippen LogP contribution in [0.2, 0.25) is 0 Å². The molecule has 2 atom stereocenters. The van der Waals surface area contributed by atoms with Gasteiger partial charge < -0.3 is 29.0 Å². The van der Waals surface area contributed by atoms with Gasteiger partial charge in [0.05, 0.1) is 31.9 Å². The molecular formula is C28H33N3O5. The molecule has 2 amide bonds. The minimum Gasteiger partial charge on any atom is -0.497 e. The summed E-state index contributed by atoms with van der Waals surface area (Å²) in [6, 6.07) is 15.3. The number of aromatic nitrogens is 1. The Morgan fingerprint density at radius 3 is 2.64 bits per heavy atom. The summed E-state index contributed by atoms with van der Waals surface area (Å²) >= 11 is 0. The second-order valence-corrected chi connectivity index (χ2v) is 9.63. The van der Waals surface area contributed by atoms with Crippen LogP contribution >= 0.6 is 0 Å². The van der Waals surface area contributed by atoms with Crippen molar-refractivity contribution in [1.82, 2.24) is 14.8 Å². The number of rotatable bonds is 8. The van der Waals surface area contributed by atoms with Crippen LogP contribution in [0.25, 0.3) is 10.9 Å². The van der Waals surface area contributed by atoms with Gasteiger partial charge in [-0.3, -0.25) is 9.59 Å². The summed E-state index contributed by atoms with van der Waals surface area (Å²) in [5.41, 5.74) is 1.26. The van der Waals surface area contributed by atoms with E-state index in [1.165, 1.54) is 0 Å². The molecule has 8 heteroatoms. The second kappa shape index (κ2) is 9.85. The Kier molecular flexibility index (Phi) is 6.62. The number of fused-ring (bicyclic) bond motifs is 3. The number of benzene rings is 2. The van der Waals surface area contributed by atoms with Crippen molar-refractivity contribution in [2.45, 2.75) is 51.4 Å². The Hall–Kier alpha value is -3.52. The van der Waals surface area contributed by atoms with Crippen LogP contribution in [0.5, 0.6) is 11.5 Å². The first-order valence-electron chi connectivity index (χ1n) is 12.5. The van der Waals surface area contributed by atoms with E-state index >= 15 is 0 Å². The van der Waals surface area contributed by atoms with E-state index in [-0.39, 0.29) is 17.9 Å². The molecule has 8 nitrogen and oxygen atoms in total. The summed E-state index contributed by atoms with van der Waals surface area (Å²) in [5.74, 6) is 1.11. The van der Waals surface area contributed by atoms with Crippen LogP contribution in [0.4, 0.5) is 0 Å². The van der Waals surface area contributed by atoms with Gasteiger partial charge in [-0.2, -0.15) is 0 Å². The number of carbonyl (C=O) groups excluding carboxylic acids is 2. The number of nitrogens with zero attached hydrogens (tertiary/aromatic N) is 2. The molecule has 2 aliphatic heterocycles. The Bertz CT molecular complexity index is 1260. The lowest BCUT2D eigenvalue weighted by atomic mass is 9.93. The zero-order chi connectivity index (χ0) is 25.3. The number of methoxy groups -OCH3 is 1. The molecule has 0 saturated carbocycles. The standard InChI is InChI=1S/C28H33N3O5/c1-4-35-21-10-7-19(8-11-21)17-31-26(32)25-14-20-9-12-22(34-3)15-24(20)30(25)18-28(31,2)27(33)29-16-23-6-5-13-36-23/h7-12,14-15,23H,4-6,13,16-18H2,1-3H3,(H,29,33). The van der Waals surface area contributed by atoms with E-state index in [0.29, 0.717) is 37.7 Å². The molecule has 5 rings (SSSR count). The highest BCUT2D eigenvalue weighted by Gasteiger charge is 2.47. The molecule has 3 aromatic rings. The average molecular weight is 492 g/mol. The average Bonchev–Trinajstić information content (AvgIpc) is 3.54. The lowest BCUT2D eigenvalue weighted by Gasteiger charge is -2.44. The van der Waals surface area contributed by atoms with Crippen LogP contribution < -0.4 is 14.8 Å². The largest absolute Gasteiger partial charge is 0.497 e. The molecule has 0 radical (unpaired) electrons. The van der Waals surface area contributed by atoms with E-state index in [1.54, 1.807) is 12.0 Å². The molecule has 0 aliphatic carbocycles. The molecule has 1 saturated heterocycles. The Morgan fingerprint density at radius 2 is 1.94 bits per heavy atom. The quantitative estimate of drug-likeness (QED) is 0.519. The molecule has 36 heavy (non-hydrogen) atoms. The first kappa shape index (κ1) is 24.2. The maximum absolute atomic E-state index is 13.9. The van der Waals surface area contributed by atoms with Crippen molar-refractivity contribution in [3.05, 3.63) is 59.8 Å². The molecule has 1 fully saturated rings. The number of ether oxygens (including phenoxy) is 3. The minimum atomic E-state index is -1.10. The Labute approximate surface area is 211 Å². The highest BCUT2D eigenvalue weighted by Crippen LogP contribution is 2.35. The molecule has 190 valence electrons. The van der Waals surface area contributed by atoms with Crippen LogP contribution in [-0.2, 0) is 22.6 Å². The van der Waals surface area contributed by atoms with Gasteiger partial charge in [-0.05, 0) is 62.6 Å². The molecule has 1 N–H and O–H groups in total. The zero-order valence-corrected chi connectivity index (χ0v) is 21.1. The molecule has 2 aromatic carbocycles. The summed E-state index contributed by atoms with van der Waals surface area (Å²) in [7, 11) is 1.62. The molecule has 0 bridgehead atoms. The first-order valence-corrected chi connectivity index (χ1v) is 12.5. The van der Waals surface area contributed by atoms with Gasteiger partial charge in [0.25, 0.3) is 5.91 Å². The van der Waals surface area contributed by atoms with Crippen molar-refractivity contribution in [1.29, 1.82) is 0 Å². The number of hydrogen-bond acceptors (Lipinski definition) is 5. The third-order valence-electron chi connectivity index (χ3n) is 7.22. The first-order chi connectivity index (χ1) is 17.4. The zero-order valence-electron chi connectivity index (χ0n) is 21.1. The lowest BCUT2D eigenvalue weighted by Crippen LogP contribution is -2.64. The van der Waals surface area contributed by atoms with Gasteiger partial charge >= 0.3 is 0 Å². The van der Waals surface area contributed by atoms with Crippen molar-refractivity contribution in [3.8, 4) is 11.5 Å². The third kappa shape index (κ3) is 4.41. The molecule has 2 aliphatic rings. The van der Waals surface area contributed by atoms with E-state index in [2.05, 4.69) is 5.32 Å². The van der Waals surface area contributed by atoms with Gasteiger partial charge in [-0.15, -0.1) is 0 Å². The van der Waals surface area contributed by atoms with Gasteiger partial charge in [0.15, 0.2) is 0 Å². The van der Waals surface area contributed by atoms with Crippen LogP contribution in [0, 0.1) is 0 Å². The molecule has 1 aromatic heterocycles. The fraction of sp³-hybridized carbons (Fsp3) is 0.429. The van der Waals surface area contributed by atoms with E-state index < -0.39 is 5.54 Å². The van der Waals surface area contributed by atoms with Crippen molar-refractivity contribution in [2.75, 3.05) is 26.9 Å². The van der Waals surface area contributed by atoms with Crippen molar-refractivity contribution in [2.24, 2.45) is 0 Å². The van der Waals surface area contributed by atoms with E-state index in [1.807, 2.05) is 66.9 Å². The monoisotopic (exact) mass is 491 g/mol. The summed E-state index contributed by atoms with van der Waals surface area (Å²) in [6.07, 6.45) is 1.95.